The largest absolute Gasteiger partial charge is 0.357 e. The number of fused-ring (bicyclic) bond motifs is 1. The summed E-state index contributed by atoms with van der Waals surface area (Å²) in [4.78, 5) is 29.4. The van der Waals surface area contributed by atoms with Crippen LogP contribution in [0.4, 0.5) is 11.4 Å². The molecule has 1 atom stereocenters. The summed E-state index contributed by atoms with van der Waals surface area (Å²) in [6.45, 7) is 7.18. The van der Waals surface area contributed by atoms with Gasteiger partial charge in [0.2, 0.25) is 5.91 Å². The molecule has 5 nitrogen and oxygen atoms in total. The first kappa shape index (κ1) is 20.7. The van der Waals surface area contributed by atoms with Crippen molar-refractivity contribution in [1.82, 2.24) is 5.32 Å². The van der Waals surface area contributed by atoms with Crippen molar-refractivity contribution in [1.29, 1.82) is 0 Å². The van der Waals surface area contributed by atoms with Crippen molar-refractivity contribution in [2.75, 3.05) is 23.3 Å². The lowest BCUT2D eigenvalue weighted by Crippen LogP contribution is -2.42. The van der Waals surface area contributed by atoms with E-state index in [4.69, 9.17) is 0 Å². The zero-order valence-corrected chi connectivity index (χ0v) is 18.6. The van der Waals surface area contributed by atoms with E-state index in [0.717, 1.165) is 40.4 Å². The van der Waals surface area contributed by atoms with Gasteiger partial charge in [0.1, 0.15) is 0 Å². The number of carbonyl (C=O) groups excluding carboxylic acids is 2. The number of para-hydroxylation sites is 2. The minimum absolute atomic E-state index is 0.0270. The Bertz CT molecular complexity index is 978. The van der Waals surface area contributed by atoms with Crippen LogP contribution in [0.2, 0.25) is 0 Å². The van der Waals surface area contributed by atoms with Crippen LogP contribution >= 0.6 is 11.3 Å². The average Bonchev–Trinajstić information content (AvgIpc) is 3.17. The van der Waals surface area contributed by atoms with Gasteiger partial charge in [0, 0.05) is 29.1 Å². The number of thiophene rings is 1. The van der Waals surface area contributed by atoms with Crippen LogP contribution < -0.4 is 15.5 Å². The molecule has 0 radical (unpaired) electrons. The third kappa shape index (κ3) is 4.01. The van der Waals surface area contributed by atoms with Crippen LogP contribution in [0.1, 0.15) is 51.0 Å². The number of nitrogens with zero attached hydrogens (tertiary/aromatic N) is 1. The Balaban J connectivity index is 1.87. The molecule has 0 saturated heterocycles. The van der Waals surface area contributed by atoms with E-state index < -0.39 is 0 Å². The highest BCUT2D eigenvalue weighted by Gasteiger charge is 2.42. The van der Waals surface area contributed by atoms with Gasteiger partial charge in [-0.25, -0.2) is 0 Å². The Labute approximate surface area is 182 Å². The second-order valence-corrected chi connectivity index (χ2v) is 9.85. The third-order valence-electron chi connectivity index (χ3n) is 5.70. The number of ketones is 1. The van der Waals surface area contributed by atoms with E-state index in [1.807, 2.05) is 42.6 Å². The van der Waals surface area contributed by atoms with E-state index in [1.165, 1.54) is 0 Å². The molecule has 1 aliphatic carbocycles. The number of hydrogen-bond acceptors (Lipinski definition) is 5. The molecular weight excluding hydrogens is 394 g/mol. The number of hydrogen-bond donors (Lipinski definition) is 2. The number of benzene rings is 1. The molecular formula is C24H29N3O2S. The van der Waals surface area contributed by atoms with Gasteiger partial charge in [0.05, 0.1) is 24.0 Å². The number of rotatable bonds is 5. The number of allylic oxidation sites excluding steroid dienone is 1. The Kier molecular flexibility index (Phi) is 5.69. The molecule has 1 aromatic heterocycles. The first-order chi connectivity index (χ1) is 14.4. The summed E-state index contributed by atoms with van der Waals surface area (Å²) in [5.74, 6) is 0.139. The van der Waals surface area contributed by atoms with Crippen molar-refractivity contribution in [2.24, 2.45) is 5.41 Å². The molecule has 1 aliphatic heterocycles. The van der Waals surface area contributed by atoms with Crippen LogP contribution in [0.25, 0.3) is 0 Å². The second-order valence-electron chi connectivity index (χ2n) is 8.87. The van der Waals surface area contributed by atoms with E-state index in [1.54, 1.807) is 11.3 Å². The van der Waals surface area contributed by atoms with Crippen molar-refractivity contribution in [3.8, 4) is 0 Å². The zero-order valence-electron chi connectivity index (χ0n) is 17.8. The van der Waals surface area contributed by atoms with Gasteiger partial charge in [-0.2, -0.15) is 0 Å². The molecule has 6 heteroatoms. The molecule has 158 valence electrons. The van der Waals surface area contributed by atoms with Gasteiger partial charge in [-0.15, -0.1) is 11.3 Å². The maximum atomic E-state index is 13.4. The molecule has 1 aromatic carbocycles. The summed E-state index contributed by atoms with van der Waals surface area (Å²) < 4.78 is 0. The highest BCUT2D eigenvalue weighted by atomic mass is 32.1. The van der Waals surface area contributed by atoms with Crippen LogP contribution in [0.15, 0.2) is 53.0 Å². The predicted octanol–water partition coefficient (Wildman–Crippen LogP) is 4.89. The normalized spacial score (nSPS) is 20.2. The summed E-state index contributed by atoms with van der Waals surface area (Å²) >= 11 is 1.63. The molecule has 0 saturated carbocycles. The fourth-order valence-electron chi connectivity index (χ4n) is 4.44. The minimum Gasteiger partial charge on any atom is -0.357 e. The lowest BCUT2D eigenvalue weighted by atomic mass is 9.74. The molecule has 4 rings (SSSR count). The summed E-state index contributed by atoms with van der Waals surface area (Å²) in [7, 11) is 0. The van der Waals surface area contributed by atoms with Crippen molar-refractivity contribution >= 4 is 34.4 Å². The summed E-state index contributed by atoms with van der Waals surface area (Å²) in [5, 5.41) is 8.60. The zero-order chi connectivity index (χ0) is 21.3. The van der Waals surface area contributed by atoms with Crippen LogP contribution in [-0.2, 0) is 9.59 Å². The predicted molar refractivity (Wildman–Crippen MR) is 123 cm³/mol. The maximum Gasteiger partial charge on any atom is 0.239 e. The molecule has 0 bridgehead atoms. The molecule has 2 heterocycles. The minimum atomic E-state index is -0.271. The number of anilines is 2. The fourth-order valence-corrected chi connectivity index (χ4v) is 5.29. The summed E-state index contributed by atoms with van der Waals surface area (Å²) in [6, 6.07) is 11.8. The molecule has 2 aliphatic rings. The summed E-state index contributed by atoms with van der Waals surface area (Å²) in [6.07, 6.45) is 2.21. The van der Waals surface area contributed by atoms with Gasteiger partial charge in [-0.1, -0.05) is 39.0 Å². The standard InChI is InChI=1S/C24H29N3O2S/c1-4-11-25-21(29)15-27-18-9-6-5-8-16(18)26-17-13-24(2,3)14-19(28)22(17)23(27)20-10-7-12-30-20/h5-10,12,23,26H,4,11,13-15H2,1-3H3,(H,25,29)/t23-/m0/s1. The number of carbonyl (C=O) groups is 2. The molecule has 0 spiro atoms. The molecule has 0 fully saturated rings. The van der Waals surface area contributed by atoms with E-state index >= 15 is 0 Å². The average molecular weight is 424 g/mol. The van der Waals surface area contributed by atoms with Crippen molar-refractivity contribution in [3.05, 3.63) is 57.9 Å². The fraction of sp³-hybridized carbons (Fsp3) is 0.417. The highest BCUT2D eigenvalue weighted by molar-refractivity contribution is 7.10. The van der Waals surface area contributed by atoms with Gasteiger partial charge >= 0.3 is 0 Å². The lowest BCUT2D eigenvalue weighted by Gasteiger charge is -2.37. The Morgan fingerprint density at radius 3 is 2.77 bits per heavy atom. The van der Waals surface area contributed by atoms with E-state index in [0.29, 0.717) is 13.0 Å². The van der Waals surface area contributed by atoms with Gasteiger partial charge in [-0.3, -0.25) is 9.59 Å². The van der Waals surface area contributed by atoms with Gasteiger partial charge < -0.3 is 15.5 Å². The molecule has 1 amide bonds. The third-order valence-corrected chi connectivity index (χ3v) is 6.63. The molecule has 0 unspecified atom stereocenters. The molecule has 2 aromatic rings. The van der Waals surface area contributed by atoms with Gasteiger partial charge in [-0.05, 0) is 41.8 Å². The monoisotopic (exact) mass is 423 g/mol. The van der Waals surface area contributed by atoms with E-state index in [-0.39, 0.29) is 29.7 Å². The molecule has 2 N–H and O–H groups in total. The topological polar surface area (TPSA) is 61.4 Å². The van der Waals surface area contributed by atoms with E-state index in [9.17, 15) is 9.59 Å². The maximum absolute atomic E-state index is 13.4. The Hall–Kier alpha value is -2.60. The van der Waals surface area contributed by atoms with Gasteiger partial charge in [0.15, 0.2) is 5.78 Å². The van der Waals surface area contributed by atoms with Crippen LogP contribution in [0.5, 0.6) is 0 Å². The first-order valence-electron chi connectivity index (χ1n) is 10.6. The first-order valence-corrected chi connectivity index (χ1v) is 11.5. The van der Waals surface area contributed by atoms with Gasteiger partial charge in [0.25, 0.3) is 0 Å². The lowest BCUT2D eigenvalue weighted by molar-refractivity contribution is -0.120. The van der Waals surface area contributed by atoms with E-state index in [2.05, 4.69) is 35.4 Å². The number of amides is 1. The van der Waals surface area contributed by atoms with Crippen molar-refractivity contribution in [3.63, 3.8) is 0 Å². The smallest absolute Gasteiger partial charge is 0.239 e. The highest BCUT2D eigenvalue weighted by Crippen LogP contribution is 2.48. The number of nitrogens with one attached hydrogen (secondary N) is 2. The van der Waals surface area contributed by atoms with Crippen molar-refractivity contribution < 1.29 is 9.59 Å². The SMILES string of the molecule is CCCNC(=O)CN1c2ccccc2NC2=C(C(=O)CC(C)(C)C2)[C@@H]1c1cccs1. The van der Waals surface area contributed by atoms with Crippen LogP contribution in [-0.4, -0.2) is 24.8 Å². The second kappa shape index (κ2) is 8.26. The summed E-state index contributed by atoms with van der Waals surface area (Å²) in [5.41, 5.74) is 3.58. The Morgan fingerprint density at radius 2 is 2.03 bits per heavy atom. The molecule has 30 heavy (non-hydrogen) atoms. The quantitative estimate of drug-likeness (QED) is 0.719. The Morgan fingerprint density at radius 1 is 1.23 bits per heavy atom. The van der Waals surface area contributed by atoms with Crippen LogP contribution in [0.3, 0.4) is 0 Å². The van der Waals surface area contributed by atoms with Crippen molar-refractivity contribution in [2.45, 2.75) is 46.1 Å². The van der Waals surface area contributed by atoms with Crippen LogP contribution in [0, 0.1) is 5.41 Å². The number of Topliss-reactive ketones (excluding diaryl/α,β-unsaturated/α-hetero) is 1.